The number of anilines is 1. The van der Waals surface area contributed by atoms with Crippen LogP contribution in [0.1, 0.15) is 53.8 Å². The summed E-state index contributed by atoms with van der Waals surface area (Å²) in [5.41, 5.74) is 3.60. The van der Waals surface area contributed by atoms with Gasteiger partial charge in [-0.1, -0.05) is 18.2 Å². The van der Waals surface area contributed by atoms with Gasteiger partial charge in [-0.25, -0.2) is 9.50 Å². The first-order valence-corrected chi connectivity index (χ1v) is 11.0. The van der Waals surface area contributed by atoms with Crippen LogP contribution in [-0.4, -0.2) is 39.0 Å². The third kappa shape index (κ3) is 3.38. The Balaban J connectivity index is 1.26. The zero-order valence-corrected chi connectivity index (χ0v) is 18.0. The Kier molecular flexibility index (Phi) is 4.76. The Labute approximate surface area is 181 Å². The van der Waals surface area contributed by atoms with Crippen LogP contribution in [0.25, 0.3) is 5.65 Å². The summed E-state index contributed by atoms with van der Waals surface area (Å²) in [6.45, 7) is 4.64. The van der Waals surface area contributed by atoms with Gasteiger partial charge in [0.15, 0.2) is 5.65 Å². The highest BCUT2D eigenvalue weighted by molar-refractivity contribution is 6.01. The molecule has 1 aliphatic carbocycles. The van der Waals surface area contributed by atoms with Crippen molar-refractivity contribution in [1.29, 1.82) is 0 Å². The summed E-state index contributed by atoms with van der Waals surface area (Å²) in [6, 6.07) is 11.9. The molecule has 2 aromatic heterocycles. The molecule has 2 amide bonds. The average Bonchev–Trinajstić information content (AvgIpc) is 3.33. The van der Waals surface area contributed by atoms with E-state index in [-0.39, 0.29) is 23.3 Å². The van der Waals surface area contributed by atoms with Crippen molar-refractivity contribution in [1.82, 2.24) is 19.9 Å². The van der Waals surface area contributed by atoms with Crippen LogP contribution in [-0.2, 0) is 4.79 Å². The normalized spacial score (nSPS) is 23.6. The minimum atomic E-state index is -0.280. The van der Waals surface area contributed by atoms with Crippen LogP contribution < -0.4 is 10.2 Å². The molecule has 2 aliphatic rings. The third-order valence-corrected chi connectivity index (χ3v) is 6.88. The number of carbonyl (C=O) groups is 2. The number of carbonyl (C=O) groups excluding carboxylic acids is 2. The fourth-order valence-electron chi connectivity index (χ4n) is 5.15. The first-order valence-electron chi connectivity index (χ1n) is 11.0. The molecular formula is C24H27N5O2. The predicted molar refractivity (Wildman–Crippen MR) is 118 cm³/mol. The number of aryl methyl sites for hydroxylation is 2. The summed E-state index contributed by atoms with van der Waals surface area (Å²) >= 11 is 0. The van der Waals surface area contributed by atoms with Crippen molar-refractivity contribution in [2.45, 2.75) is 52.0 Å². The number of para-hydroxylation sites is 1. The van der Waals surface area contributed by atoms with Gasteiger partial charge in [0.1, 0.15) is 5.56 Å². The van der Waals surface area contributed by atoms with Gasteiger partial charge in [-0.2, -0.15) is 5.10 Å². The number of nitrogens with zero attached hydrogens (tertiary/aromatic N) is 4. The van der Waals surface area contributed by atoms with E-state index in [9.17, 15) is 9.59 Å². The van der Waals surface area contributed by atoms with Crippen LogP contribution in [0.3, 0.4) is 0 Å². The summed E-state index contributed by atoms with van der Waals surface area (Å²) < 4.78 is 1.70. The monoisotopic (exact) mass is 417 g/mol. The van der Waals surface area contributed by atoms with Gasteiger partial charge >= 0.3 is 0 Å². The Hall–Kier alpha value is -3.22. The molecular weight excluding hydrogens is 390 g/mol. The quantitative estimate of drug-likeness (QED) is 0.708. The largest absolute Gasteiger partial charge is 0.349 e. The van der Waals surface area contributed by atoms with Crippen molar-refractivity contribution in [2.75, 3.05) is 11.4 Å². The second-order valence-electron chi connectivity index (χ2n) is 8.90. The zero-order chi connectivity index (χ0) is 21.6. The summed E-state index contributed by atoms with van der Waals surface area (Å²) in [6.07, 6.45) is 5.72. The van der Waals surface area contributed by atoms with E-state index >= 15 is 0 Å². The lowest BCUT2D eigenvalue weighted by atomic mass is 9.71. The summed E-state index contributed by atoms with van der Waals surface area (Å²) in [7, 11) is 0. The molecule has 3 aromatic rings. The summed E-state index contributed by atoms with van der Waals surface area (Å²) in [5, 5.41) is 7.48. The van der Waals surface area contributed by atoms with Crippen LogP contribution >= 0.6 is 0 Å². The number of hydrogen-bond donors (Lipinski definition) is 1. The Morgan fingerprint density at radius 3 is 2.61 bits per heavy atom. The van der Waals surface area contributed by atoms with Crippen molar-refractivity contribution in [3.05, 3.63) is 59.5 Å². The average molecular weight is 418 g/mol. The van der Waals surface area contributed by atoms with Gasteiger partial charge < -0.3 is 10.2 Å². The summed E-state index contributed by atoms with van der Waals surface area (Å²) in [5.74, 6) is 0.0957. The second kappa shape index (κ2) is 7.48. The van der Waals surface area contributed by atoms with Gasteiger partial charge in [0.05, 0.1) is 11.6 Å². The first kappa shape index (κ1) is 19.7. The number of fused-ring (bicyclic) bond motifs is 1. The second-order valence-corrected chi connectivity index (χ2v) is 8.90. The number of rotatable bonds is 3. The minimum absolute atomic E-state index is 0.0672. The molecule has 0 bridgehead atoms. The minimum Gasteiger partial charge on any atom is -0.349 e. The molecule has 1 spiro atoms. The lowest BCUT2D eigenvalue weighted by molar-refractivity contribution is -0.127. The first-order chi connectivity index (χ1) is 15.0. The molecule has 0 atom stereocenters. The number of amides is 2. The van der Waals surface area contributed by atoms with Gasteiger partial charge in [-0.05, 0) is 64.2 Å². The fourth-order valence-corrected chi connectivity index (χ4v) is 5.15. The zero-order valence-electron chi connectivity index (χ0n) is 18.0. The molecule has 2 fully saturated rings. The maximum Gasteiger partial charge on any atom is 0.256 e. The molecule has 1 N–H and O–H groups in total. The number of nitrogens with one attached hydrogen (secondary N) is 1. The van der Waals surface area contributed by atoms with Crippen LogP contribution in [0.5, 0.6) is 0 Å². The Bertz CT molecular complexity index is 1150. The van der Waals surface area contributed by atoms with Crippen molar-refractivity contribution in [3.63, 3.8) is 0 Å². The van der Waals surface area contributed by atoms with E-state index in [2.05, 4.69) is 15.4 Å². The van der Waals surface area contributed by atoms with Gasteiger partial charge in [-0.15, -0.1) is 0 Å². The molecule has 3 heterocycles. The lowest BCUT2D eigenvalue weighted by Gasteiger charge is -2.36. The van der Waals surface area contributed by atoms with E-state index in [1.807, 2.05) is 55.1 Å². The Morgan fingerprint density at radius 2 is 1.87 bits per heavy atom. The predicted octanol–water partition coefficient (Wildman–Crippen LogP) is 3.44. The molecule has 0 unspecified atom stereocenters. The molecule has 1 aromatic carbocycles. The molecule has 5 rings (SSSR count). The lowest BCUT2D eigenvalue weighted by Crippen LogP contribution is -2.43. The topological polar surface area (TPSA) is 79.6 Å². The van der Waals surface area contributed by atoms with E-state index < -0.39 is 0 Å². The van der Waals surface area contributed by atoms with E-state index in [1.165, 1.54) is 0 Å². The van der Waals surface area contributed by atoms with Gasteiger partial charge in [0.2, 0.25) is 5.91 Å². The smallest absolute Gasteiger partial charge is 0.256 e. The number of benzene rings is 1. The molecule has 1 saturated heterocycles. The molecule has 0 radical (unpaired) electrons. The van der Waals surface area contributed by atoms with Crippen LogP contribution in [0.4, 0.5) is 5.69 Å². The maximum absolute atomic E-state index is 13.2. The highest BCUT2D eigenvalue weighted by atomic mass is 16.2. The molecule has 7 nitrogen and oxygen atoms in total. The van der Waals surface area contributed by atoms with E-state index in [1.54, 1.807) is 10.7 Å². The molecule has 31 heavy (non-hydrogen) atoms. The fraction of sp³-hybridized carbons (Fsp3) is 0.417. The van der Waals surface area contributed by atoms with Crippen LogP contribution in [0, 0.1) is 19.3 Å². The highest BCUT2D eigenvalue weighted by Crippen LogP contribution is 2.46. The van der Waals surface area contributed by atoms with E-state index in [4.69, 9.17) is 0 Å². The SMILES string of the molecule is Cc1cc(C)n2ncc(C(=O)N[C@H]3CC[C@@]4(CCN(c5ccccc5)C4=O)CC3)c2n1. The maximum atomic E-state index is 13.2. The van der Waals surface area contributed by atoms with Gasteiger partial charge in [-0.3, -0.25) is 9.59 Å². The van der Waals surface area contributed by atoms with Gasteiger partial charge in [0, 0.05) is 29.7 Å². The van der Waals surface area contributed by atoms with Gasteiger partial charge in [0.25, 0.3) is 5.91 Å². The standard InChI is InChI=1S/C24H27N5O2/c1-16-14-17(2)29-21(26-16)20(15-25-29)22(30)27-18-8-10-24(11-9-18)12-13-28(23(24)31)19-6-4-3-5-7-19/h3-7,14-15,18H,8-13H2,1-2H3,(H,27,30)/t18-,24-. The molecule has 1 aliphatic heterocycles. The van der Waals surface area contributed by atoms with E-state index in [0.29, 0.717) is 11.2 Å². The van der Waals surface area contributed by atoms with Crippen LogP contribution in [0.15, 0.2) is 42.6 Å². The molecule has 160 valence electrons. The van der Waals surface area contributed by atoms with E-state index in [0.717, 1.165) is 55.7 Å². The third-order valence-electron chi connectivity index (χ3n) is 6.88. The van der Waals surface area contributed by atoms with Crippen molar-refractivity contribution in [2.24, 2.45) is 5.41 Å². The summed E-state index contributed by atoms with van der Waals surface area (Å²) in [4.78, 5) is 32.6. The van der Waals surface area contributed by atoms with Crippen molar-refractivity contribution in [3.8, 4) is 0 Å². The van der Waals surface area contributed by atoms with Crippen molar-refractivity contribution < 1.29 is 9.59 Å². The number of aromatic nitrogens is 3. The molecule has 1 saturated carbocycles. The highest BCUT2D eigenvalue weighted by Gasteiger charge is 2.48. The Morgan fingerprint density at radius 1 is 1.13 bits per heavy atom. The van der Waals surface area contributed by atoms with Crippen molar-refractivity contribution >= 4 is 23.1 Å². The number of hydrogen-bond acceptors (Lipinski definition) is 4. The molecule has 7 heteroatoms. The van der Waals surface area contributed by atoms with Crippen LogP contribution in [0.2, 0.25) is 0 Å².